The van der Waals surface area contributed by atoms with Gasteiger partial charge in [0, 0.05) is 25.2 Å². The summed E-state index contributed by atoms with van der Waals surface area (Å²) < 4.78 is 26.1. The Morgan fingerprint density at radius 2 is 1.81 bits per heavy atom. The summed E-state index contributed by atoms with van der Waals surface area (Å²) in [5, 5.41) is 14.1. The highest BCUT2D eigenvalue weighted by atomic mass is 32.2. The third-order valence-electron chi connectivity index (χ3n) is 5.66. The largest absolute Gasteiger partial charge is 0.354 e. The first-order valence-electron chi connectivity index (χ1n) is 11.8. The Labute approximate surface area is 212 Å². The molecule has 11 heteroatoms. The Morgan fingerprint density at radius 1 is 1.11 bits per heavy atom. The topological polar surface area (TPSA) is 130 Å². The van der Waals surface area contributed by atoms with Crippen LogP contribution >= 0.6 is 0 Å². The van der Waals surface area contributed by atoms with Crippen LogP contribution < -0.4 is 9.62 Å². The number of carbonyl (C=O) groups excluding carboxylic acids is 2. The van der Waals surface area contributed by atoms with Crippen molar-refractivity contribution in [3.8, 4) is 0 Å². The van der Waals surface area contributed by atoms with E-state index in [-0.39, 0.29) is 23.8 Å². The number of carbonyl (C=O) groups is 2. The summed E-state index contributed by atoms with van der Waals surface area (Å²) in [5.41, 5.74) is 1.47. The van der Waals surface area contributed by atoms with Crippen molar-refractivity contribution in [3.05, 3.63) is 69.8 Å². The fourth-order valence-electron chi connectivity index (χ4n) is 3.81. The normalized spacial score (nSPS) is 12.0. The Balaban J connectivity index is 2.44. The summed E-state index contributed by atoms with van der Waals surface area (Å²) in [4.78, 5) is 38.6. The number of benzene rings is 2. The van der Waals surface area contributed by atoms with Gasteiger partial charge in [0.1, 0.15) is 12.6 Å². The molecular formula is C25H34N4O6S. The molecule has 0 bridgehead atoms. The summed E-state index contributed by atoms with van der Waals surface area (Å²) in [6.07, 6.45) is 2.95. The number of hydrogen-bond acceptors (Lipinski definition) is 6. The van der Waals surface area contributed by atoms with E-state index in [4.69, 9.17) is 0 Å². The minimum absolute atomic E-state index is 0.00370. The van der Waals surface area contributed by atoms with Gasteiger partial charge in [-0.3, -0.25) is 24.0 Å². The van der Waals surface area contributed by atoms with Crippen LogP contribution in [0.2, 0.25) is 0 Å². The predicted octanol–water partition coefficient (Wildman–Crippen LogP) is 3.39. The number of unbranched alkanes of at least 4 members (excludes halogenated alkanes) is 1. The van der Waals surface area contributed by atoms with Gasteiger partial charge in [0.15, 0.2) is 0 Å². The molecule has 0 aliphatic rings. The number of rotatable bonds is 13. The molecule has 1 N–H and O–H groups in total. The van der Waals surface area contributed by atoms with E-state index in [9.17, 15) is 28.1 Å². The Kier molecular flexibility index (Phi) is 10.4. The first-order chi connectivity index (χ1) is 17.0. The van der Waals surface area contributed by atoms with E-state index < -0.39 is 33.4 Å². The van der Waals surface area contributed by atoms with Gasteiger partial charge in [-0.25, -0.2) is 8.42 Å². The quantitative estimate of drug-likeness (QED) is 0.246. The van der Waals surface area contributed by atoms with Crippen LogP contribution in [0, 0.1) is 17.0 Å². The number of nitrogens with one attached hydrogen (secondary N) is 1. The molecule has 2 rings (SSSR count). The fraction of sp³-hybridized carbons (Fsp3) is 0.440. The van der Waals surface area contributed by atoms with Crippen LogP contribution in [0.3, 0.4) is 0 Å². The van der Waals surface area contributed by atoms with E-state index in [2.05, 4.69) is 5.32 Å². The van der Waals surface area contributed by atoms with Gasteiger partial charge in [0.25, 0.3) is 5.69 Å². The number of hydrogen-bond donors (Lipinski definition) is 1. The first kappa shape index (κ1) is 28.8. The Hall–Kier alpha value is -3.47. The molecule has 2 aromatic carbocycles. The maximum absolute atomic E-state index is 13.6. The summed E-state index contributed by atoms with van der Waals surface area (Å²) >= 11 is 0. The molecule has 0 aromatic heterocycles. The zero-order valence-corrected chi connectivity index (χ0v) is 22.0. The third-order valence-corrected chi connectivity index (χ3v) is 6.80. The SMILES string of the molecule is CCCCNC(=O)[C@@H](CC)N(Cc1cccc(C)c1)C(=O)CN(c1cccc([N+](=O)[O-])c1)S(C)(=O)=O. The van der Waals surface area contributed by atoms with E-state index in [0.717, 1.165) is 40.6 Å². The molecule has 0 radical (unpaired) electrons. The van der Waals surface area contributed by atoms with Crippen LogP contribution in [-0.4, -0.2) is 55.4 Å². The van der Waals surface area contributed by atoms with Gasteiger partial charge in [-0.2, -0.15) is 0 Å². The minimum Gasteiger partial charge on any atom is -0.354 e. The molecule has 2 amide bonds. The molecule has 0 unspecified atom stereocenters. The molecule has 196 valence electrons. The maximum atomic E-state index is 13.6. The molecule has 10 nitrogen and oxygen atoms in total. The number of nitrogens with zero attached hydrogens (tertiary/aromatic N) is 3. The molecule has 0 spiro atoms. The molecule has 0 fully saturated rings. The molecule has 0 aliphatic carbocycles. The number of nitro benzene ring substituents is 1. The van der Waals surface area contributed by atoms with Crippen LogP contribution in [-0.2, 0) is 26.2 Å². The van der Waals surface area contributed by atoms with Gasteiger partial charge >= 0.3 is 0 Å². The smallest absolute Gasteiger partial charge is 0.271 e. The van der Waals surface area contributed by atoms with Crippen molar-refractivity contribution in [1.29, 1.82) is 0 Å². The molecule has 0 saturated heterocycles. The van der Waals surface area contributed by atoms with Gasteiger partial charge < -0.3 is 10.2 Å². The van der Waals surface area contributed by atoms with Crippen LogP contribution in [0.5, 0.6) is 0 Å². The number of anilines is 1. The van der Waals surface area contributed by atoms with E-state index in [0.29, 0.717) is 13.0 Å². The lowest BCUT2D eigenvalue weighted by Crippen LogP contribution is -2.52. The summed E-state index contributed by atoms with van der Waals surface area (Å²) in [7, 11) is -3.98. The van der Waals surface area contributed by atoms with Crippen molar-refractivity contribution < 1.29 is 22.9 Å². The summed E-state index contributed by atoms with van der Waals surface area (Å²) in [5.74, 6) is -0.904. The van der Waals surface area contributed by atoms with Crippen LogP contribution in [0.4, 0.5) is 11.4 Å². The van der Waals surface area contributed by atoms with E-state index in [1.165, 1.54) is 23.1 Å². The van der Waals surface area contributed by atoms with E-state index >= 15 is 0 Å². The molecule has 0 heterocycles. The van der Waals surface area contributed by atoms with Gasteiger partial charge in [-0.15, -0.1) is 0 Å². The molecule has 1 atom stereocenters. The lowest BCUT2D eigenvalue weighted by Gasteiger charge is -2.33. The zero-order chi connectivity index (χ0) is 26.9. The second-order valence-corrected chi connectivity index (χ2v) is 10.5. The summed E-state index contributed by atoms with van der Waals surface area (Å²) in [6.45, 7) is 5.68. The van der Waals surface area contributed by atoms with Crippen molar-refractivity contribution in [2.45, 2.75) is 52.6 Å². The van der Waals surface area contributed by atoms with Gasteiger partial charge in [0.2, 0.25) is 21.8 Å². The van der Waals surface area contributed by atoms with Gasteiger partial charge in [-0.1, -0.05) is 56.2 Å². The van der Waals surface area contributed by atoms with Gasteiger partial charge in [-0.05, 0) is 31.4 Å². The van der Waals surface area contributed by atoms with Crippen molar-refractivity contribution in [3.63, 3.8) is 0 Å². The summed E-state index contributed by atoms with van der Waals surface area (Å²) in [6, 6.07) is 11.8. The van der Waals surface area contributed by atoms with Gasteiger partial charge in [0.05, 0.1) is 16.9 Å². The number of nitro groups is 1. The third kappa shape index (κ3) is 8.04. The number of sulfonamides is 1. The maximum Gasteiger partial charge on any atom is 0.271 e. The van der Waals surface area contributed by atoms with E-state index in [1.54, 1.807) is 6.92 Å². The molecule has 0 aliphatic heterocycles. The Bertz CT molecular complexity index is 1180. The van der Waals surface area contributed by atoms with Crippen molar-refractivity contribution in [2.75, 3.05) is 23.7 Å². The Morgan fingerprint density at radius 3 is 2.39 bits per heavy atom. The van der Waals surface area contributed by atoms with Crippen molar-refractivity contribution in [2.24, 2.45) is 0 Å². The molecule has 2 aromatic rings. The lowest BCUT2D eigenvalue weighted by molar-refractivity contribution is -0.384. The highest BCUT2D eigenvalue weighted by Crippen LogP contribution is 2.24. The molecule has 0 saturated carbocycles. The zero-order valence-electron chi connectivity index (χ0n) is 21.1. The average Bonchev–Trinajstić information content (AvgIpc) is 2.81. The predicted molar refractivity (Wildman–Crippen MR) is 139 cm³/mol. The van der Waals surface area contributed by atoms with Crippen LogP contribution in [0.15, 0.2) is 48.5 Å². The highest BCUT2D eigenvalue weighted by Gasteiger charge is 2.32. The average molecular weight is 519 g/mol. The minimum atomic E-state index is -3.98. The monoisotopic (exact) mass is 518 g/mol. The standard InChI is InChI=1S/C25H34N4O6S/c1-5-7-14-26-25(31)23(6-2)27(17-20-11-8-10-19(3)15-20)24(30)18-28(36(4,34)35)21-12-9-13-22(16-21)29(32)33/h8-13,15-16,23H,5-7,14,17-18H2,1-4H3,(H,26,31)/t23-/m1/s1. The second-order valence-electron chi connectivity index (χ2n) is 8.63. The molecular weight excluding hydrogens is 484 g/mol. The number of non-ortho nitro benzene ring substituents is 1. The van der Waals surface area contributed by atoms with Crippen molar-refractivity contribution in [1.82, 2.24) is 10.2 Å². The lowest BCUT2D eigenvalue weighted by atomic mass is 10.1. The van der Waals surface area contributed by atoms with E-state index in [1.807, 2.05) is 38.1 Å². The van der Waals surface area contributed by atoms with Crippen LogP contribution in [0.1, 0.15) is 44.2 Å². The van der Waals surface area contributed by atoms with Crippen LogP contribution in [0.25, 0.3) is 0 Å². The highest BCUT2D eigenvalue weighted by molar-refractivity contribution is 7.92. The van der Waals surface area contributed by atoms with Crippen molar-refractivity contribution >= 4 is 33.2 Å². The second kappa shape index (κ2) is 13.0. The number of aryl methyl sites for hydroxylation is 1. The molecule has 36 heavy (non-hydrogen) atoms. The fourth-order valence-corrected chi connectivity index (χ4v) is 4.65. The first-order valence-corrected chi connectivity index (χ1v) is 13.7. The number of amides is 2.